The number of nitrogens with one attached hydrogen (secondary N) is 1. The van der Waals surface area contributed by atoms with E-state index in [4.69, 9.17) is 15.2 Å². The highest BCUT2D eigenvalue weighted by Gasteiger charge is 2.36. The lowest BCUT2D eigenvalue weighted by Crippen LogP contribution is -2.50. The summed E-state index contributed by atoms with van der Waals surface area (Å²) in [7, 11) is 0. The van der Waals surface area contributed by atoms with Crippen LogP contribution in [0.5, 0.6) is 5.75 Å². The Morgan fingerprint density at radius 3 is 2.57 bits per heavy atom. The van der Waals surface area contributed by atoms with Gasteiger partial charge in [-0.15, -0.1) is 11.3 Å². The molecule has 4 heterocycles. The number of primary amides is 1. The van der Waals surface area contributed by atoms with E-state index in [0.29, 0.717) is 43.1 Å². The average Bonchev–Trinajstić information content (AvgIpc) is 3.20. The lowest BCUT2D eigenvalue weighted by Gasteiger charge is -2.42. The van der Waals surface area contributed by atoms with Crippen LogP contribution in [0, 0.1) is 17.0 Å². The maximum absolute atomic E-state index is 14.9. The lowest BCUT2D eigenvalue weighted by atomic mass is 9.88. The summed E-state index contributed by atoms with van der Waals surface area (Å²) in [6.07, 6.45) is 0. The van der Waals surface area contributed by atoms with Crippen LogP contribution in [0.25, 0.3) is 10.4 Å². The summed E-state index contributed by atoms with van der Waals surface area (Å²) >= 11 is 0.984. The van der Waals surface area contributed by atoms with Crippen LogP contribution in [0.2, 0.25) is 0 Å². The summed E-state index contributed by atoms with van der Waals surface area (Å²) in [6.45, 7) is 8.33. The van der Waals surface area contributed by atoms with E-state index in [1.54, 1.807) is 12.1 Å². The first kappa shape index (κ1) is 25.5. The summed E-state index contributed by atoms with van der Waals surface area (Å²) in [5.41, 5.74) is 4.87. The number of amides is 1. The predicted octanol–water partition coefficient (Wildman–Crippen LogP) is 4.35. The van der Waals surface area contributed by atoms with Crippen molar-refractivity contribution in [1.29, 1.82) is 0 Å². The van der Waals surface area contributed by atoms with Crippen molar-refractivity contribution in [2.24, 2.45) is 11.1 Å². The number of pyridine rings is 1. The number of fused-ring (bicyclic) bond motifs is 1. The molecule has 0 saturated carbocycles. The summed E-state index contributed by atoms with van der Waals surface area (Å²) in [5.74, 6) is -1.33. The van der Waals surface area contributed by atoms with Crippen molar-refractivity contribution in [1.82, 2.24) is 9.88 Å². The summed E-state index contributed by atoms with van der Waals surface area (Å²) in [6, 6.07) is 7.03. The monoisotopic (exact) mass is 530 g/mol. The third-order valence-electron chi connectivity index (χ3n) is 6.45. The van der Waals surface area contributed by atoms with Crippen LogP contribution >= 0.6 is 11.3 Å². The molecule has 11 heteroatoms. The number of hydrogen-bond acceptors (Lipinski definition) is 8. The minimum atomic E-state index is -1.42. The standard InChI is InChI=1S/C26H28F2N4O4S/c1-25(2,34)14-6-16(27)22(17(28)7-14)20-8-15(23(29)33)24(37-20)31-21-5-4-19-18(30-21)9-32(13-36-19)10-26(3)11-35-12-26/h4-8,34H,9-13H2,1-3H3,(H2,29,33)(H,30,31). The van der Waals surface area contributed by atoms with Gasteiger partial charge in [0.25, 0.3) is 5.91 Å². The summed E-state index contributed by atoms with van der Waals surface area (Å²) in [5, 5.41) is 13.5. The van der Waals surface area contributed by atoms with Gasteiger partial charge in [-0.1, -0.05) is 6.92 Å². The number of ether oxygens (including phenoxy) is 2. The zero-order chi connectivity index (χ0) is 26.5. The molecule has 0 bridgehead atoms. The number of anilines is 2. The van der Waals surface area contributed by atoms with E-state index in [-0.39, 0.29) is 27.0 Å². The highest BCUT2D eigenvalue weighted by molar-refractivity contribution is 7.20. The first-order valence-electron chi connectivity index (χ1n) is 11.8. The van der Waals surface area contributed by atoms with Crippen LogP contribution in [-0.2, 0) is 16.9 Å². The SMILES string of the molecule is CC1(CN2COc3ccc(Nc4sc(-c5c(F)cc(C(C)(C)O)cc5F)cc4C(N)=O)nc3C2)COC1. The quantitative estimate of drug-likeness (QED) is 0.417. The molecule has 8 nitrogen and oxygen atoms in total. The van der Waals surface area contributed by atoms with Crippen molar-refractivity contribution in [3.8, 4) is 16.2 Å². The predicted molar refractivity (Wildman–Crippen MR) is 136 cm³/mol. The Kier molecular flexibility index (Phi) is 6.43. The van der Waals surface area contributed by atoms with Crippen molar-refractivity contribution in [2.75, 3.05) is 31.8 Å². The van der Waals surface area contributed by atoms with E-state index in [0.717, 1.165) is 35.7 Å². The zero-order valence-corrected chi connectivity index (χ0v) is 21.5. The third-order valence-corrected chi connectivity index (χ3v) is 7.52. The fraction of sp³-hybridized carbons (Fsp3) is 0.385. The Morgan fingerprint density at radius 2 is 1.97 bits per heavy atom. The molecule has 0 aliphatic carbocycles. The van der Waals surface area contributed by atoms with Gasteiger partial charge in [0, 0.05) is 23.4 Å². The van der Waals surface area contributed by atoms with Gasteiger partial charge in [0.1, 0.15) is 34.9 Å². The van der Waals surface area contributed by atoms with Crippen LogP contribution in [0.1, 0.15) is 42.4 Å². The second-order valence-corrected chi connectivity index (χ2v) is 11.5. The van der Waals surface area contributed by atoms with Gasteiger partial charge in [0.05, 0.1) is 35.6 Å². The second-order valence-electron chi connectivity index (χ2n) is 10.4. The maximum Gasteiger partial charge on any atom is 0.251 e. The molecule has 37 heavy (non-hydrogen) atoms. The number of benzene rings is 1. The number of aliphatic hydroxyl groups is 1. The zero-order valence-electron chi connectivity index (χ0n) is 20.7. The Bertz CT molecular complexity index is 1340. The largest absolute Gasteiger partial charge is 0.476 e. The molecular weight excluding hydrogens is 502 g/mol. The van der Waals surface area contributed by atoms with Gasteiger partial charge >= 0.3 is 0 Å². The first-order chi connectivity index (χ1) is 17.4. The molecule has 0 radical (unpaired) electrons. The number of thiophene rings is 1. The van der Waals surface area contributed by atoms with Gasteiger partial charge in [0.2, 0.25) is 0 Å². The van der Waals surface area contributed by atoms with Gasteiger partial charge in [-0.25, -0.2) is 13.8 Å². The number of rotatable bonds is 7. The number of carbonyl (C=O) groups excluding carboxylic acids is 1. The van der Waals surface area contributed by atoms with Crippen LogP contribution in [-0.4, -0.2) is 47.4 Å². The van der Waals surface area contributed by atoms with Crippen LogP contribution in [0.3, 0.4) is 0 Å². The smallest absolute Gasteiger partial charge is 0.251 e. The first-order valence-corrected chi connectivity index (χ1v) is 12.6. The third kappa shape index (κ3) is 5.17. The molecule has 1 saturated heterocycles. The van der Waals surface area contributed by atoms with Gasteiger partial charge < -0.3 is 25.6 Å². The maximum atomic E-state index is 14.9. The number of halogens is 2. The number of hydrogen-bond donors (Lipinski definition) is 3. The minimum absolute atomic E-state index is 0.0840. The fourth-order valence-electron chi connectivity index (χ4n) is 4.47. The Labute approximate surface area is 217 Å². The van der Waals surface area contributed by atoms with E-state index in [2.05, 4.69) is 22.1 Å². The van der Waals surface area contributed by atoms with Crippen molar-refractivity contribution >= 4 is 28.1 Å². The highest BCUT2D eigenvalue weighted by atomic mass is 32.1. The molecular formula is C26H28F2N4O4S. The van der Waals surface area contributed by atoms with Crippen LogP contribution < -0.4 is 15.8 Å². The number of aromatic nitrogens is 1. The molecule has 4 N–H and O–H groups in total. The van der Waals surface area contributed by atoms with Gasteiger partial charge in [-0.2, -0.15) is 0 Å². The lowest BCUT2D eigenvalue weighted by molar-refractivity contribution is -0.123. The second kappa shape index (κ2) is 9.32. The van der Waals surface area contributed by atoms with E-state index < -0.39 is 23.1 Å². The molecule has 1 fully saturated rings. The Morgan fingerprint density at radius 1 is 1.27 bits per heavy atom. The normalized spacial score (nSPS) is 17.0. The molecule has 2 aromatic heterocycles. The van der Waals surface area contributed by atoms with Crippen molar-refractivity contribution in [3.05, 3.63) is 58.8 Å². The Balaban J connectivity index is 1.42. The van der Waals surface area contributed by atoms with E-state index in [1.807, 2.05) is 0 Å². The van der Waals surface area contributed by atoms with Crippen LogP contribution in [0.15, 0.2) is 30.3 Å². The van der Waals surface area contributed by atoms with Gasteiger partial charge in [-0.3, -0.25) is 9.69 Å². The van der Waals surface area contributed by atoms with E-state index in [9.17, 15) is 18.7 Å². The number of carbonyl (C=O) groups is 1. The van der Waals surface area contributed by atoms with E-state index >= 15 is 0 Å². The fourth-order valence-corrected chi connectivity index (χ4v) is 5.59. The molecule has 0 atom stereocenters. The molecule has 0 unspecified atom stereocenters. The number of nitrogens with zero attached hydrogens (tertiary/aromatic N) is 2. The van der Waals surface area contributed by atoms with Crippen molar-refractivity contribution in [3.63, 3.8) is 0 Å². The highest BCUT2D eigenvalue weighted by Crippen LogP contribution is 2.40. The van der Waals surface area contributed by atoms with Gasteiger partial charge in [-0.05, 0) is 49.7 Å². The van der Waals surface area contributed by atoms with Crippen molar-refractivity contribution in [2.45, 2.75) is 32.9 Å². The van der Waals surface area contributed by atoms with Crippen LogP contribution in [0.4, 0.5) is 19.6 Å². The van der Waals surface area contributed by atoms with E-state index in [1.165, 1.54) is 19.9 Å². The number of nitrogens with two attached hydrogens (primary N) is 1. The molecule has 1 amide bonds. The molecule has 196 valence electrons. The van der Waals surface area contributed by atoms with Crippen molar-refractivity contribution < 1.29 is 28.2 Å². The Hall–Kier alpha value is -3.12. The summed E-state index contributed by atoms with van der Waals surface area (Å²) in [4.78, 5) is 19.2. The average molecular weight is 531 g/mol. The topological polar surface area (TPSA) is 110 Å². The van der Waals surface area contributed by atoms with Gasteiger partial charge in [0.15, 0.2) is 0 Å². The molecule has 2 aliphatic rings. The minimum Gasteiger partial charge on any atom is -0.476 e. The molecule has 2 aliphatic heterocycles. The molecule has 5 rings (SSSR count). The summed E-state index contributed by atoms with van der Waals surface area (Å²) < 4.78 is 41.1. The molecule has 0 spiro atoms. The molecule has 3 aromatic rings. The molecule has 1 aromatic carbocycles.